The van der Waals surface area contributed by atoms with E-state index in [2.05, 4.69) is 35.1 Å². The summed E-state index contributed by atoms with van der Waals surface area (Å²) in [5.41, 5.74) is 12.2. The lowest BCUT2D eigenvalue weighted by Crippen LogP contribution is -2.07. The lowest BCUT2D eigenvalue weighted by atomic mass is 10.0. The Morgan fingerprint density at radius 3 is 2.33 bits per heavy atom. The summed E-state index contributed by atoms with van der Waals surface area (Å²) in [6.45, 7) is 2.07. The van der Waals surface area contributed by atoms with Crippen molar-refractivity contribution in [1.29, 1.82) is 0 Å². The number of aliphatic hydroxyl groups is 1. The fraction of sp³-hybridized carbons (Fsp3) is 0.0909. The first kappa shape index (κ1) is 17.1. The number of nitrogens with two attached hydrogens (primary N) is 1. The lowest BCUT2D eigenvalue weighted by Gasteiger charge is -2.04. The number of H-pyrrole nitrogens is 1. The third kappa shape index (κ3) is 3.51. The van der Waals surface area contributed by atoms with E-state index in [9.17, 15) is 5.11 Å². The molecular formula is C22H20N4O. The van der Waals surface area contributed by atoms with Gasteiger partial charge in [0, 0.05) is 29.1 Å². The molecule has 0 saturated heterocycles. The minimum Gasteiger partial charge on any atom is -0.375 e. The Kier molecular flexibility index (Phi) is 4.54. The SMILES string of the molecule is Cc1cccc(-c2nc(-c3ccc(C(N)O)cc3)[nH]c2-c2ccncc2)c1. The Hall–Kier alpha value is -3.28. The Bertz CT molecular complexity index is 1050. The Labute approximate surface area is 157 Å². The van der Waals surface area contributed by atoms with Crippen LogP contribution in [0.3, 0.4) is 0 Å². The van der Waals surface area contributed by atoms with Crippen LogP contribution in [0.2, 0.25) is 0 Å². The number of aliphatic hydroxyl groups excluding tert-OH is 1. The molecular weight excluding hydrogens is 336 g/mol. The smallest absolute Gasteiger partial charge is 0.138 e. The number of hydrogen-bond donors (Lipinski definition) is 3. The standard InChI is InChI=1S/C22H20N4O/c1-14-3-2-4-18(13-14)20-19(15-9-11-24-12-10-15)25-22(26-20)17-7-5-16(6-8-17)21(23)27/h2-13,21,27H,23H2,1H3,(H,25,26). The van der Waals surface area contributed by atoms with E-state index in [1.807, 2.05) is 30.3 Å². The number of imidazole rings is 1. The highest BCUT2D eigenvalue weighted by molar-refractivity contribution is 5.81. The van der Waals surface area contributed by atoms with Crippen LogP contribution in [0.4, 0.5) is 0 Å². The summed E-state index contributed by atoms with van der Waals surface area (Å²) >= 11 is 0. The van der Waals surface area contributed by atoms with Crippen LogP contribution in [-0.2, 0) is 0 Å². The maximum Gasteiger partial charge on any atom is 0.138 e. The van der Waals surface area contributed by atoms with Gasteiger partial charge in [-0.15, -0.1) is 0 Å². The molecule has 0 aliphatic heterocycles. The van der Waals surface area contributed by atoms with Gasteiger partial charge in [0.2, 0.25) is 0 Å². The van der Waals surface area contributed by atoms with Crippen LogP contribution in [0.1, 0.15) is 17.4 Å². The van der Waals surface area contributed by atoms with Crippen molar-refractivity contribution in [3.63, 3.8) is 0 Å². The van der Waals surface area contributed by atoms with Crippen molar-refractivity contribution in [2.75, 3.05) is 0 Å². The van der Waals surface area contributed by atoms with Gasteiger partial charge < -0.3 is 15.8 Å². The van der Waals surface area contributed by atoms with Gasteiger partial charge in [-0.3, -0.25) is 4.98 Å². The predicted molar refractivity (Wildman–Crippen MR) is 107 cm³/mol. The lowest BCUT2D eigenvalue weighted by molar-refractivity contribution is 0.186. The van der Waals surface area contributed by atoms with Gasteiger partial charge in [-0.2, -0.15) is 0 Å². The van der Waals surface area contributed by atoms with Gasteiger partial charge >= 0.3 is 0 Å². The molecule has 0 amide bonds. The first-order valence-corrected chi connectivity index (χ1v) is 8.73. The van der Waals surface area contributed by atoms with Gasteiger partial charge in [0.15, 0.2) is 0 Å². The summed E-state index contributed by atoms with van der Waals surface area (Å²) in [5.74, 6) is 0.761. The summed E-state index contributed by atoms with van der Waals surface area (Å²) in [6.07, 6.45) is 2.56. The molecule has 0 aliphatic carbocycles. The van der Waals surface area contributed by atoms with Crippen molar-refractivity contribution in [3.8, 4) is 33.9 Å². The van der Waals surface area contributed by atoms with Gasteiger partial charge in [-0.1, -0.05) is 48.0 Å². The zero-order chi connectivity index (χ0) is 18.8. The second-order valence-electron chi connectivity index (χ2n) is 6.48. The summed E-state index contributed by atoms with van der Waals surface area (Å²) in [6, 6.07) is 19.6. The number of hydrogen-bond acceptors (Lipinski definition) is 4. The third-order valence-electron chi connectivity index (χ3n) is 4.49. The molecule has 4 aromatic rings. The van der Waals surface area contributed by atoms with Crippen LogP contribution >= 0.6 is 0 Å². The van der Waals surface area contributed by atoms with Crippen molar-refractivity contribution in [2.24, 2.45) is 5.73 Å². The summed E-state index contributed by atoms with van der Waals surface area (Å²) in [5, 5.41) is 9.51. The predicted octanol–water partition coefficient (Wildman–Crippen LogP) is 4.06. The summed E-state index contributed by atoms with van der Waals surface area (Å²) in [4.78, 5) is 12.4. The van der Waals surface area contributed by atoms with Gasteiger partial charge in [0.1, 0.15) is 12.1 Å². The minimum atomic E-state index is -0.981. The maximum atomic E-state index is 9.51. The summed E-state index contributed by atoms with van der Waals surface area (Å²) in [7, 11) is 0. The van der Waals surface area contributed by atoms with Crippen LogP contribution in [0.25, 0.3) is 33.9 Å². The number of aromatic amines is 1. The molecule has 0 spiro atoms. The zero-order valence-corrected chi connectivity index (χ0v) is 14.9. The van der Waals surface area contributed by atoms with E-state index in [1.165, 1.54) is 5.56 Å². The second kappa shape index (κ2) is 7.15. The van der Waals surface area contributed by atoms with Crippen LogP contribution < -0.4 is 5.73 Å². The van der Waals surface area contributed by atoms with E-state index in [1.54, 1.807) is 24.5 Å². The Morgan fingerprint density at radius 1 is 0.926 bits per heavy atom. The number of rotatable bonds is 4. The fourth-order valence-corrected chi connectivity index (χ4v) is 3.08. The molecule has 5 nitrogen and oxygen atoms in total. The van der Waals surface area contributed by atoms with E-state index in [4.69, 9.17) is 10.7 Å². The van der Waals surface area contributed by atoms with Crippen LogP contribution in [0.15, 0.2) is 73.1 Å². The van der Waals surface area contributed by atoms with Gasteiger partial charge in [0.05, 0.1) is 11.4 Å². The number of pyridine rings is 1. The van der Waals surface area contributed by atoms with Crippen molar-refractivity contribution in [1.82, 2.24) is 15.0 Å². The quantitative estimate of drug-likeness (QED) is 0.481. The highest BCUT2D eigenvalue weighted by Crippen LogP contribution is 2.33. The van der Waals surface area contributed by atoms with Crippen LogP contribution in [0.5, 0.6) is 0 Å². The number of nitrogens with one attached hydrogen (secondary N) is 1. The molecule has 0 radical (unpaired) electrons. The highest BCUT2D eigenvalue weighted by Gasteiger charge is 2.15. The summed E-state index contributed by atoms with van der Waals surface area (Å²) < 4.78 is 0. The molecule has 2 heterocycles. The second-order valence-corrected chi connectivity index (χ2v) is 6.48. The first-order valence-electron chi connectivity index (χ1n) is 8.73. The number of benzene rings is 2. The largest absolute Gasteiger partial charge is 0.375 e. The molecule has 4 rings (SSSR count). The van der Waals surface area contributed by atoms with E-state index in [0.29, 0.717) is 5.56 Å². The van der Waals surface area contributed by atoms with Crippen LogP contribution in [0, 0.1) is 6.92 Å². The molecule has 0 bridgehead atoms. The molecule has 2 aromatic heterocycles. The number of nitrogens with zero attached hydrogens (tertiary/aromatic N) is 2. The van der Waals surface area contributed by atoms with Crippen molar-refractivity contribution in [2.45, 2.75) is 13.2 Å². The monoisotopic (exact) mass is 356 g/mol. The molecule has 0 saturated carbocycles. The van der Waals surface area contributed by atoms with Crippen molar-refractivity contribution in [3.05, 3.63) is 84.2 Å². The van der Waals surface area contributed by atoms with E-state index in [0.717, 1.165) is 33.9 Å². The molecule has 0 fully saturated rings. The first-order chi connectivity index (χ1) is 13.1. The van der Waals surface area contributed by atoms with Crippen molar-refractivity contribution >= 4 is 0 Å². The average Bonchev–Trinajstić information content (AvgIpc) is 3.14. The molecule has 4 N–H and O–H groups in total. The van der Waals surface area contributed by atoms with E-state index < -0.39 is 6.23 Å². The average molecular weight is 356 g/mol. The Balaban J connectivity index is 1.85. The van der Waals surface area contributed by atoms with E-state index >= 15 is 0 Å². The fourth-order valence-electron chi connectivity index (χ4n) is 3.08. The van der Waals surface area contributed by atoms with Gasteiger partial charge in [-0.25, -0.2) is 4.98 Å². The molecule has 27 heavy (non-hydrogen) atoms. The van der Waals surface area contributed by atoms with Gasteiger partial charge in [-0.05, 0) is 30.7 Å². The minimum absolute atomic E-state index is 0.665. The number of aryl methyl sites for hydroxylation is 1. The highest BCUT2D eigenvalue weighted by atomic mass is 16.3. The number of aromatic nitrogens is 3. The zero-order valence-electron chi connectivity index (χ0n) is 14.9. The molecule has 5 heteroatoms. The molecule has 1 unspecified atom stereocenters. The van der Waals surface area contributed by atoms with Crippen LogP contribution in [-0.4, -0.2) is 20.1 Å². The third-order valence-corrected chi connectivity index (χ3v) is 4.49. The molecule has 2 aromatic carbocycles. The normalized spacial score (nSPS) is 12.1. The van der Waals surface area contributed by atoms with E-state index in [-0.39, 0.29) is 0 Å². The van der Waals surface area contributed by atoms with Crippen molar-refractivity contribution < 1.29 is 5.11 Å². The molecule has 0 aliphatic rings. The molecule has 1 atom stereocenters. The molecule has 134 valence electrons. The topological polar surface area (TPSA) is 87.8 Å². The Morgan fingerprint density at radius 2 is 1.67 bits per heavy atom. The maximum absolute atomic E-state index is 9.51. The van der Waals surface area contributed by atoms with Gasteiger partial charge in [0.25, 0.3) is 0 Å².